The summed E-state index contributed by atoms with van der Waals surface area (Å²) in [5.41, 5.74) is 3.42. The highest BCUT2D eigenvalue weighted by Crippen LogP contribution is 2.38. The number of aromatic nitrogens is 1. The molecule has 3 aromatic carbocycles. The first kappa shape index (κ1) is 21.5. The molecule has 0 spiro atoms. The van der Waals surface area contributed by atoms with E-state index in [9.17, 15) is 4.79 Å². The number of amides is 1. The molecule has 0 bridgehead atoms. The standard InChI is InChI=1S/C24H21ClN2O5/c1-29-20-10-14(11-21(30-2)23(20)31-3)12-22(28)26-17-8-9-19-18(13-17)27-24(32-19)15-4-6-16(25)7-5-15/h4-11,13H,12H2,1-3H3,(H,26,28). The van der Waals surface area contributed by atoms with E-state index in [2.05, 4.69) is 10.3 Å². The molecule has 0 unspecified atom stereocenters. The van der Waals surface area contributed by atoms with Gasteiger partial charge < -0.3 is 23.9 Å². The van der Waals surface area contributed by atoms with E-state index in [1.165, 1.54) is 21.3 Å². The molecule has 0 fully saturated rings. The van der Waals surface area contributed by atoms with E-state index >= 15 is 0 Å². The topological polar surface area (TPSA) is 82.8 Å². The smallest absolute Gasteiger partial charge is 0.228 e. The zero-order chi connectivity index (χ0) is 22.7. The van der Waals surface area contributed by atoms with Crippen molar-refractivity contribution in [3.05, 3.63) is 65.2 Å². The fourth-order valence-electron chi connectivity index (χ4n) is 3.35. The molecule has 7 nitrogen and oxygen atoms in total. The molecule has 4 rings (SSSR count). The van der Waals surface area contributed by atoms with Crippen LogP contribution >= 0.6 is 11.6 Å². The van der Waals surface area contributed by atoms with E-state index in [4.69, 9.17) is 30.2 Å². The van der Waals surface area contributed by atoms with Crippen LogP contribution in [0.2, 0.25) is 5.02 Å². The van der Waals surface area contributed by atoms with Crippen LogP contribution in [0.15, 0.2) is 59.0 Å². The van der Waals surface area contributed by atoms with Crippen LogP contribution in [0.3, 0.4) is 0 Å². The van der Waals surface area contributed by atoms with Crippen LogP contribution in [0.4, 0.5) is 5.69 Å². The molecule has 1 amide bonds. The molecule has 4 aromatic rings. The number of hydrogen-bond acceptors (Lipinski definition) is 6. The normalized spacial score (nSPS) is 10.8. The minimum Gasteiger partial charge on any atom is -0.493 e. The first-order chi connectivity index (χ1) is 15.5. The Morgan fingerprint density at radius 1 is 0.969 bits per heavy atom. The van der Waals surface area contributed by atoms with Crippen molar-refractivity contribution >= 4 is 34.3 Å². The van der Waals surface area contributed by atoms with Crippen molar-refractivity contribution in [3.8, 4) is 28.7 Å². The maximum atomic E-state index is 12.6. The van der Waals surface area contributed by atoms with Crippen LogP contribution in [-0.4, -0.2) is 32.2 Å². The minimum atomic E-state index is -0.194. The van der Waals surface area contributed by atoms with Crippen molar-refractivity contribution in [2.75, 3.05) is 26.6 Å². The van der Waals surface area contributed by atoms with Crippen LogP contribution in [0.25, 0.3) is 22.6 Å². The molecule has 0 saturated heterocycles. The Labute approximate surface area is 189 Å². The third-order valence-corrected chi connectivity index (χ3v) is 5.10. The van der Waals surface area contributed by atoms with Crippen LogP contribution in [0.5, 0.6) is 17.2 Å². The second-order valence-corrected chi connectivity index (χ2v) is 7.40. The summed E-state index contributed by atoms with van der Waals surface area (Å²) in [7, 11) is 4.60. The quantitative estimate of drug-likeness (QED) is 0.406. The van der Waals surface area contributed by atoms with Crippen molar-refractivity contribution in [1.82, 2.24) is 4.98 Å². The van der Waals surface area contributed by atoms with Gasteiger partial charge in [0.1, 0.15) is 5.52 Å². The molecular weight excluding hydrogens is 432 g/mol. The summed E-state index contributed by atoms with van der Waals surface area (Å²) in [5.74, 6) is 1.76. The first-order valence-corrected chi connectivity index (χ1v) is 10.1. The summed E-state index contributed by atoms with van der Waals surface area (Å²) in [6, 6.07) is 16.1. The number of methoxy groups -OCH3 is 3. The van der Waals surface area contributed by atoms with Crippen molar-refractivity contribution in [1.29, 1.82) is 0 Å². The number of oxazole rings is 1. The summed E-state index contributed by atoms with van der Waals surface area (Å²) < 4.78 is 21.8. The number of anilines is 1. The van der Waals surface area contributed by atoms with E-state index in [1.807, 2.05) is 12.1 Å². The molecule has 0 aliphatic heterocycles. The predicted octanol–water partition coefficient (Wildman–Crippen LogP) is 5.36. The highest BCUT2D eigenvalue weighted by Gasteiger charge is 2.15. The molecule has 0 atom stereocenters. The maximum absolute atomic E-state index is 12.6. The lowest BCUT2D eigenvalue weighted by molar-refractivity contribution is -0.115. The van der Waals surface area contributed by atoms with Crippen molar-refractivity contribution < 1.29 is 23.4 Å². The van der Waals surface area contributed by atoms with Gasteiger partial charge in [0.05, 0.1) is 27.8 Å². The molecule has 0 aliphatic rings. The second-order valence-electron chi connectivity index (χ2n) is 6.97. The molecule has 1 aromatic heterocycles. The van der Waals surface area contributed by atoms with Gasteiger partial charge in [-0.05, 0) is 60.2 Å². The molecule has 1 N–H and O–H groups in total. The van der Waals surface area contributed by atoms with Crippen LogP contribution in [0.1, 0.15) is 5.56 Å². The second kappa shape index (κ2) is 9.20. The Hall–Kier alpha value is -3.71. The number of nitrogens with one attached hydrogen (secondary N) is 1. The highest BCUT2D eigenvalue weighted by molar-refractivity contribution is 6.30. The van der Waals surface area contributed by atoms with Gasteiger partial charge in [-0.1, -0.05) is 11.6 Å². The SMILES string of the molecule is COc1cc(CC(=O)Nc2ccc3oc(-c4ccc(Cl)cc4)nc3c2)cc(OC)c1OC. The van der Waals surface area contributed by atoms with Gasteiger partial charge in [0, 0.05) is 16.3 Å². The Kier molecular flexibility index (Phi) is 6.18. The van der Waals surface area contributed by atoms with Gasteiger partial charge in [-0.15, -0.1) is 0 Å². The van der Waals surface area contributed by atoms with Gasteiger partial charge >= 0.3 is 0 Å². The average Bonchev–Trinajstić information content (AvgIpc) is 3.22. The Bertz CT molecular complexity index is 1240. The van der Waals surface area contributed by atoms with Crippen molar-refractivity contribution in [3.63, 3.8) is 0 Å². The number of hydrogen-bond donors (Lipinski definition) is 1. The summed E-state index contributed by atoms with van der Waals surface area (Å²) in [4.78, 5) is 17.2. The van der Waals surface area contributed by atoms with Gasteiger partial charge in [0.25, 0.3) is 0 Å². The molecular formula is C24H21ClN2O5. The van der Waals surface area contributed by atoms with Gasteiger partial charge in [0.15, 0.2) is 17.1 Å². The Morgan fingerprint density at radius 2 is 1.66 bits per heavy atom. The van der Waals surface area contributed by atoms with E-state index in [0.29, 0.717) is 44.9 Å². The lowest BCUT2D eigenvalue weighted by Crippen LogP contribution is -2.14. The summed E-state index contributed by atoms with van der Waals surface area (Å²) in [6.45, 7) is 0. The predicted molar refractivity (Wildman–Crippen MR) is 123 cm³/mol. The van der Waals surface area contributed by atoms with Gasteiger partial charge in [-0.25, -0.2) is 4.98 Å². The number of nitrogens with zero attached hydrogens (tertiary/aromatic N) is 1. The van der Waals surface area contributed by atoms with Gasteiger partial charge in [-0.3, -0.25) is 4.79 Å². The number of halogens is 1. The lowest BCUT2D eigenvalue weighted by Gasteiger charge is -2.14. The summed E-state index contributed by atoms with van der Waals surface area (Å²) >= 11 is 5.94. The molecule has 0 saturated carbocycles. The summed E-state index contributed by atoms with van der Waals surface area (Å²) in [5, 5.41) is 3.53. The third kappa shape index (κ3) is 4.48. The average molecular weight is 453 g/mol. The lowest BCUT2D eigenvalue weighted by atomic mass is 10.1. The van der Waals surface area contributed by atoms with Crippen LogP contribution in [-0.2, 0) is 11.2 Å². The zero-order valence-corrected chi connectivity index (χ0v) is 18.5. The molecule has 164 valence electrons. The zero-order valence-electron chi connectivity index (χ0n) is 17.8. The molecule has 1 heterocycles. The van der Waals surface area contributed by atoms with Gasteiger partial charge in [0.2, 0.25) is 17.5 Å². The van der Waals surface area contributed by atoms with E-state index in [0.717, 1.165) is 11.1 Å². The summed E-state index contributed by atoms with van der Waals surface area (Å²) in [6.07, 6.45) is 0.129. The number of ether oxygens (including phenoxy) is 3. The number of carbonyl (C=O) groups is 1. The largest absolute Gasteiger partial charge is 0.493 e. The van der Waals surface area contributed by atoms with E-state index in [-0.39, 0.29) is 12.3 Å². The first-order valence-electron chi connectivity index (χ1n) is 9.76. The van der Waals surface area contributed by atoms with Crippen molar-refractivity contribution in [2.45, 2.75) is 6.42 Å². The van der Waals surface area contributed by atoms with Gasteiger partial charge in [-0.2, -0.15) is 0 Å². The number of carbonyl (C=O) groups excluding carboxylic acids is 1. The van der Waals surface area contributed by atoms with Crippen molar-refractivity contribution in [2.24, 2.45) is 0 Å². The molecule has 8 heteroatoms. The fourth-order valence-corrected chi connectivity index (χ4v) is 3.48. The molecule has 0 radical (unpaired) electrons. The van der Waals surface area contributed by atoms with E-state index < -0.39 is 0 Å². The molecule has 0 aliphatic carbocycles. The monoisotopic (exact) mass is 452 g/mol. The number of rotatable bonds is 7. The van der Waals surface area contributed by atoms with Crippen LogP contribution < -0.4 is 19.5 Å². The Morgan fingerprint density at radius 3 is 2.28 bits per heavy atom. The third-order valence-electron chi connectivity index (χ3n) is 4.85. The fraction of sp³-hybridized carbons (Fsp3) is 0.167. The van der Waals surface area contributed by atoms with Crippen LogP contribution in [0, 0.1) is 0 Å². The number of benzene rings is 3. The van der Waals surface area contributed by atoms with E-state index in [1.54, 1.807) is 42.5 Å². The number of fused-ring (bicyclic) bond motifs is 1. The Balaban J connectivity index is 1.52. The molecule has 32 heavy (non-hydrogen) atoms. The highest BCUT2D eigenvalue weighted by atomic mass is 35.5. The minimum absolute atomic E-state index is 0.129. The maximum Gasteiger partial charge on any atom is 0.228 e.